The van der Waals surface area contributed by atoms with E-state index >= 15 is 0 Å². The van der Waals surface area contributed by atoms with Crippen molar-refractivity contribution >= 4 is 32.8 Å². The van der Waals surface area contributed by atoms with Gasteiger partial charge >= 0.3 is 5.63 Å². The highest BCUT2D eigenvalue weighted by molar-refractivity contribution is 6.01. The highest BCUT2D eigenvalue weighted by Crippen LogP contribution is 2.47. The molecule has 0 saturated carbocycles. The molecule has 0 aliphatic heterocycles. The maximum atomic E-state index is 13.9. The topological polar surface area (TPSA) is 120 Å². The van der Waals surface area contributed by atoms with Gasteiger partial charge in [-0.3, -0.25) is 4.79 Å². The smallest absolute Gasteiger partial charge is 0.336 e. The van der Waals surface area contributed by atoms with Gasteiger partial charge in [0, 0.05) is 47.7 Å². The van der Waals surface area contributed by atoms with Gasteiger partial charge in [0.15, 0.2) is 11.5 Å². The standard InChI is InChI=1S/C31H29NO8/c1-15(2)11-19(18-12-16-7-10-25(34)40-22(16)14-23(18)37-4)26-24(38-5)13-20-27(30(26)36)29(35)17-8-9-21(33)31(39-6)28(17)32(20)3/h7-14,19,33,36H,1-6H3/t19-/m0/s1. The van der Waals surface area contributed by atoms with Crippen molar-refractivity contribution < 1.29 is 28.8 Å². The molecule has 0 unspecified atom stereocenters. The lowest BCUT2D eigenvalue weighted by Gasteiger charge is -2.24. The minimum absolute atomic E-state index is 0.0939. The average Bonchev–Trinajstić information content (AvgIpc) is 2.93. The minimum Gasteiger partial charge on any atom is -0.507 e. The van der Waals surface area contributed by atoms with Crippen LogP contribution < -0.4 is 25.3 Å². The summed E-state index contributed by atoms with van der Waals surface area (Å²) in [6.45, 7) is 3.85. The van der Waals surface area contributed by atoms with E-state index in [1.165, 1.54) is 39.5 Å². The molecule has 9 nitrogen and oxygen atoms in total. The number of aromatic nitrogens is 1. The summed E-state index contributed by atoms with van der Waals surface area (Å²) in [7, 11) is 6.13. The van der Waals surface area contributed by atoms with Crippen LogP contribution >= 0.6 is 0 Å². The number of hydrogen-bond donors (Lipinski definition) is 2. The molecule has 2 N–H and O–H groups in total. The van der Waals surface area contributed by atoms with E-state index in [1.54, 1.807) is 29.8 Å². The zero-order chi connectivity index (χ0) is 28.9. The number of ether oxygens (including phenoxy) is 3. The summed E-state index contributed by atoms with van der Waals surface area (Å²) in [5, 5.41) is 23.3. The zero-order valence-electron chi connectivity index (χ0n) is 23.0. The molecule has 0 spiro atoms. The molecule has 3 aromatic carbocycles. The van der Waals surface area contributed by atoms with Crippen molar-refractivity contribution in [3.8, 4) is 28.7 Å². The van der Waals surface area contributed by atoms with Crippen LogP contribution in [0.15, 0.2) is 68.1 Å². The van der Waals surface area contributed by atoms with Gasteiger partial charge in [-0.15, -0.1) is 0 Å². The van der Waals surface area contributed by atoms with Crippen molar-refractivity contribution in [1.82, 2.24) is 4.57 Å². The molecule has 2 aromatic heterocycles. The number of benzene rings is 3. The van der Waals surface area contributed by atoms with Crippen molar-refractivity contribution in [1.29, 1.82) is 0 Å². The lowest BCUT2D eigenvalue weighted by Crippen LogP contribution is -2.13. The van der Waals surface area contributed by atoms with Gasteiger partial charge in [-0.1, -0.05) is 11.6 Å². The van der Waals surface area contributed by atoms with Gasteiger partial charge in [-0.2, -0.15) is 0 Å². The number of hydrogen-bond acceptors (Lipinski definition) is 8. The Morgan fingerprint density at radius 1 is 0.950 bits per heavy atom. The third-order valence-corrected chi connectivity index (χ3v) is 7.10. The Hall–Kier alpha value is -4.92. The second-order valence-electron chi connectivity index (χ2n) is 9.75. The van der Waals surface area contributed by atoms with Crippen molar-refractivity contribution in [2.75, 3.05) is 21.3 Å². The summed E-state index contributed by atoms with van der Waals surface area (Å²) >= 11 is 0. The van der Waals surface area contributed by atoms with Crippen LogP contribution in [0.25, 0.3) is 32.8 Å². The highest BCUT2D eigenvalue weighted by Gasteiger charge is 2.29. The molecule has 0 saturated heterocycles. The number of methoxy groups -OCH3 is 3. The van der Waals surface area contributed by atoms with E-state index in [0.29, 0.717) is 44.6 Å². The molecular formula is C31H29NO8. The van der Waals surface area contributed by atoms with Crippen LogP contribution in [0.3, 0.4) is 0 Å². The van der Waals surface area contributed by atoms with Crippen LogP contribution in [0.1, 0.15) is 30.9 Å². The fourth-order valence-corrected chi connectivity index (χ4v) is 5.33. The highest BCUT2D eigenvalue weighted by atomic mass is 16.5. The molecule has 2 heterocycles. The monoisotopic (exact) mass is 543 g/mol. The molecule has 206 valence electrons. The number of phenols is 2. The first-order valence-electron chi connectivity index (χ1n) is 12.5. The van der Waals surface area contributed by atoms with Crippen LogP contribution in [-0.2, 0) is 7.05 Å². The fourth-order valence-electron chi connectivity index (χ4n) is 5.33. The molecule has 0 amide bonds. The molecule has 5 rings (SSSR count). The number of phenolic OH excluding ortho intramolecular Hbond substituents is 2. The summed E-state index contributed by atoms with van der Waals surface area (Å²) in [4.78, 5) is 25.7. The van der Waals surface area contributed by atoms with Crippen molar-refractivity contribution in [3.05, 3.63) is 85.9 Å². The lowest BCUT2D eigenvalue weighted by molar-refractivity contribution is 0.376. The molecule has 0 aliphatic carbocycles. The van der Waals surface area contributed by atoms with Crippen LogP contribution in [0.5, 0.6) is 28.7 Å². The Morgan fingerprint density at radius 3 is 2.33 bits per heavy atom. The van der Waals surface area contributed by atoms with Gasteiger partial charge in [0.2, 0.25) is 5.43 Å². The largest absolute Gasteiger partial charge is 0.507 e. The number of aryl methyl sites for hydroxylation is 1. The van der Waals surface area contributed by atoms with E-state index in [-0.39, 0.29) is 28.0 Å². The first-order valence-corrected chi connectivity index (χ1v) is 12.5. The third kappa shape index (κ3) is 4.10. The Bertz CT molecular complexity index is 1960. The van der Waals surface area contributed by atoms with E-state index in [4.69, 9.17) is 18.6 Å². The average molecular weight is 544 g/mol. The molecule has 9 heteroatoms. The third-order valence-electron chi connectivity index (χ3n) is 7.10. The minimum atomic E-state index is -0.606. The summed E-state index contributed by atoms with van der Waals surface area (Å²) in [6.07, 6.45) is 1.94. The molecular weight excluding hydrogens is 514 g/mol. The van der Waals surface area contributed by atoms with E-state index < -0.39 is 17.0 Å². The van der Waals surface area contributed by atoms with Gasteiger partial charge in [0.05, 0.1) is 43.1 Å². The molecule has 5 aromatic rings. The zero-order valence-corrected chi connectivity index (χ0v) is 23.0. The number of aromatic hydroxyl groups is 2. The molecule has 0 bridgehead atoms. The van der Waals surface area contributed by atoms with E-state index in [1.807, 2.05) is 26.0 Å². The van der Waals surface area contributed by atoms with Gasteiger partial charge in [-0.05, 0) is 38.1 Å². The van der Waals surface area contributed by atoms with E-state index in [9.17, 15) is 19.8 Å². The Balaban J connectivity index is 1.92. The summed E-state index contributed by atoms with van der Waals surface area (Å²) in [5.41, 5.74) is 2.21. The van der Waals surface area contributed by atoms with E-state index in [0.717, 1.165) is 5.57 Å². The van der Waals surface area contributed by atoms with Crippen molar-refractivity contribution in [2.45, 2.75) is 19.8 Å². The van der Waals surface area contributed by atoms with E-state index in [2.05, 4.69) is 0 Å². The quantitative estimate of drug-likeness (QED) is 0.167. The molecule has 0 fully saturated rings. The Morgan fingerprint density at radius 2 is 1.68 bits per heavy atom. The fraction of sp³-hybridized carbons (Fsp3) is 0.226. The molecule has 0 radical (unpaired) electrons. The summed E-state index contributed by atoms with van der Waals surface area (Å²) in [5.74, 6) is -0.0460. The maximum Gasteiger partial charge on any atom is 0.336 e. The number of fused-ring (bicyclic) bond motifs is 3. The van der Waals surface area contributed by atoms with Crippen LogP contribution in [-0.4, -0.2) is 36.1 Å². The maximum absolute atomic E-state index is 13.9. The predicted molar refractivity (Wildman–Crippen MR) is 153 cm³/mol. The Labute approximate surface area is 229 Å². The normalized spacial score (nSPS) is 12.1. The predicted octanol–water partition coefficient (Wildman–Crippen LogP) is 5.33. The van der Waals surface area contributed by atoms with Crippen LogP contribution in [0.4, 0.5) is 0 Å². The Kier molecular flexibility index (Phi) is 6.67. The SMILES string of the molecule is COc1cc2oc(=O)ccc2cc1[C@H](C=C(C)C)c1c(OC)cc2c(c1O)c(=O)c1ccc(O)c(OC)c1n2C. The first kappa shape index (κ1) is 26.7. The number of pyridine rings is 1. The summed E-state index contributed by atoms with van der Waals surface area (Å²) in [6, 6.07) is 11.0. The molecule has 1 atom stereocenters. The molecule has 40 heavy (non-hydrogen) atoms. The van der Waals surface area contributed by atoms with Crippen LogP contribution in [0, 0.1) is 0 Å². The van der Waals surface area contributed by atoms with Gasteiger partial charge in [0.1, 0.15) is 22.8 Å². The molecule has 0 aliphatic rings. The summed E-state index contributed by atoms with van der Waals surface area (Å²) < 4.78 is 23.9. The number of rotatable bonds is 6. The van der Waals surface area contributed by atoms with Gasteiger partial charge in [-0.25, -0.2) is 4.79 Å². The first-order chi connectivity index (χ1) is 19.1. The van der Waals surface area contributed by atoms with Crippen molar-refractivity contribution in [3.63, 3.8) is 0 Å². The van der Waals surface area contributed by atoms with Crippen LogP contribution in [0.2, 0.25) is 0 Å². The number of allylic oxidation sites excluding steroid dienone is 2. The van der Waals surface area contributed by atoms with Crippen molar-refractivity contribution in [2.24, 2.45) is 7.05 Å². The number of nitrogens with zero attached hydrogens (tertiary/aromatic N) is 1. The van der Waals surface area contributed by atoms with Gasteiger partial charge < -0.3 is 33.4 Å². The second-order valence-corrected chi connectivity index (χ2v) is 9.75. The van der Waals surface area contributed by atoms with Gasteiger partial charge in [0.25, 0.3) is 0 Å². The second kappa shape index (κ2) is 10.00. The lowest BCUT2D eigenvalue weighted by atomic mass is 9.86.